The van der Waals surface area contributed by atoms with Crippen LogP contribution in [0.2, 0.25) is 0 Å². The lowest BCUT2D eigenvalue weighted by molar-refractivity contribution is -0.123. The van der Waals surface area contributed by atoms with E-state index in [9.17, 15) is 9.59 Å². The van der Waals surface area contributed by atoms with Crippen molar-refractivity contribution < 1.29 is 9.21 Å². The zero-order valence-electron chi connectivity index (χ0n) is 17.6. The van der Waals surface area contributed by atoms with Crippen LogP contribution in [-0.4, -0.2) is 20.4 Å². The predicted octanol–water partition coefficient (Wildman–Crippen LogP) is 3.96. The van der Waals surface area contributed by atoms with E-state index in [1.54, 1.807) is 42.7 Å². The van der Waals surface area contributed by atoms with Crippen LogP contribution >= 0.6 is 0 Å². The molecule has 33 heavy (non-hydrogen) atoms. The zero-order chi connectivity index (χ0) is 22.6. The molecule has 162 valence electrons. The molecule has 3 aromatic heterocycles. The predicted molar refractivity (Wildman–Crippen MR) is 124 cm³/mol. The van der Waals surface area contributed by atoms with Gasteiger partial charge >= 0.3 is 0 Å². The molecule has 7 heteroatoms. The van der Waals surface area contributed by atoms with E-state index in [4.69, 9.17) is 4.42 Å². The van der Waals surface area contributed by atoms with Gasteiger partial charge in [-0.3, -0.25) is 19.1 Å². The van der Waals surface area contributed by atoms with Gasteiger partial charge in [-0.1, -0.05) is 42.5 Å². The fourth-order valence-corrected chi connectivity index (χ4v) is 3.83. The van der Waals surface area contributed by atoms with Gasteiger partial charge in [-0.15, -0.1) is 0 Å². The van der Waals surface area contributed by atoms with E-state index < -0.39 is 11.6 Å². The highest BCUT2D eigenvalue weighted by Crippen LogP contribution is 2.24. The Hall–Kier alpha value is -4.52. The van der Waals surface area contributed by atoms with Gasteiger partial charge in [0, 0.05) is 18.9 Å². The maximum Gasteiger partial charge on any atom is 0.281 e. The zero-order valence-corrected chi connectivity index (χ0v) is 17.6. The van der Waals surface area contributed by atoms with Gasteiger partial charge in [0.2, 0.25) is 5.91 Å². The molecule has 0 saturated carbocycles. The summed E-state index contributed by atoms with van der Waals surface area (Å²) in [4.78, 5) is 35.9. The average molecular weight is 436 g/mol. The van der Waals surface area contributed by atoms with Crippen LogP contribution in [-0.2, 0) is 11.3 Å². The van der Waals surface area contributed by atoms with Crippen molar-refractivity contribution in [3.05, 3.63) is 119 Å². The van der Waals surface area contributed by atoms with Gasteiger partial charge in [0.25, 0.3) is 5.56 Å². The van der Waals surface area contributed by atoms with Crippen molar-refractivity contribution in [3.63, 3.8) is 0 Å². The molecule has 0 spiro atoms. The fraction of sp³-hybridized carbons (Fsp3) is 0.0769. The summed E-state index contributed by atoms with van der Waals surface area (Å²) in [5.41, 5.74) is 2.46. The van der Waals surface area contributed by atoms with Crippen molar-refractivity contribution in [3.8, 4) is 11.5 Å². The molecule has 5 aromatic rings. The summed E-state index contributed by atoms with van der Waals surface area (Å²) in [5.74, 6) is 0.0339. The number of nitrogens with one attached hydrogen (secondary N) is 1. The molecule has 1 N–H and O–H groups in total. The lowest BCUT2D eigenvalue weighted by Crippen LogP contribution is -2.38. The standard InChI is InChI=1S/C26H20N4O3/c31-25(28-17-18-7-2-1-3-8-18)24(19-12-14-27-15-13-19)30-21-10-5-4-9-20(21)29-23(26(30)32)22-11-6-16-33-22/h1-16,24H,17H2,(H,28,31). The molecule has 1 atom stereocenters. The molecule has 2 aromatic carbocycles. The van der Waals surface area contributed by atoms with Crippen LogP contribution in [0.15, 0.2) is 107 Å². The second-order valence-electron chi connectivity index (χ2n) is 7.49. The molecule has 3 heterocycles. The van der Waals surface area contributed by atoms with E-state index in [1.165, 1.54) is 10.8 Å². The number of nitrogens with zero attached hydrogens (tertiary/aromatic N) is 3. The van der Waals surface area contributed by atoms with Crippen LogP contribution in [0.5, 0.6) is 0 Å². The van der Waals surface area contributed by atoms with Crippen LogP contribution < -0.4 is 10.9 Å². The lowest BCUT2D eigenvalue weighted by Gasteiger charge is -2.22. The van der Waals surface area contributed by atoms with E-state index in [1.807, 2.05) is 48.5 Å². The molecule has 1 amide bonds. The summed E-state index contributed by atoms with van der Waals surface area (Å²) in [6, 6.07) is 22.8. The van der Waals surface area contributed by atoms with Gasteiger partial charge in [0.15, 0.2) is 11.5 Å². The first-order valence-electron chi connectivity index (χ1n) is 10.5. The Morgan fingerprint density at radius 3 is 2.45 bits per heavy atom. The Labute approximate surface area is 189 Å². The Morgan fingerprint density at radius 2 is 1.70 bits per heavy atom. The Kier molecular flexibility index (Phi) is 5.51. The van der Waals surface area contributed by atoms with Gasteiger partial charge in [-0.05, 0) is 47.5 Å². The maximum atomic E-state index is 13.7. The second kappa shape index (κ2) is 8.92. The molecule has 0 radical (unpaired) electrons. The fourth-order valence-electron chi connectivity index (χ4n) is 3.83. The molecule has 5 rings (SSSR count). The Balaban J connectivity index is 1.68. The highest BCUT2D eigenvalue weighted by molar-refractivity contribution is 5.87. The van der Waals surface area contributed by atoms with Gasteiger partial charge < -0.3 is 9.73 Å². The minimum absolute atomic E-state index is 0.147. The smallest absolute Gasteiger partial charge is 0.281 e. The minimum atomic E-state index is -0.925. The summed E-state index contributed by atoms with van der Waals surface area (Å²) in [6.07, 6.45) is 4.70. The van der Waals surface area contributed by atoms with E-state index in [0.29, 0.717) is 28.9 Å². The second-order valence-corrected chi connectivity index (χ2v) is 7.49. The van der Waals surface area contributed by atoms with Crippen molar-refractivity contribution in [2.75, 3.05) is 0 Å². The van der Waals surface area contributed by atoms with Crippen molar-refractivity contribution >= 4 is 16.9 Å². The number of benzene rings is 2. The number of hydrogen-bond donors (Lipinski definition) is 1. The molecule has 0 aliphatic heterocycles. The molecule has 0 bridgehead atoms. The molecular formula is C26H20N4O3. The molecule has 0 fully saturated rings. The lowest BCUT2D eigenvalue weighted by atomic mass is 10.1. The molecule has 0 aliphatic rings. The van der Waals surface area contributed by atoms with Gasteiger partial charge in [-0.2, -0.15) is 0 Å². The SMILES string of the molecule is O=C(NCc1ccccc1)C(c1ccncc1)n1c(=O)c(-c2ccco2)nc2ccccc21. The van der Waals surface area contributed by atoms with Crippen molar-refractivity contribution in [1.82, 2.24) is 19.9 Å². The van der Waals surface area contributed by atoms with Crippen molar-refractivity contribution in [2.45, 2.75) is 12.6 Å². The number of aromatic nitrogens is 3. The number of carbonyl (C=O) groups is 1. The number of fused-ring (bicyclic) bond motifs is 1. The monoisotopic (exact) mass is 436 g/mol. The normalized spacial score (nSPS) is 11.9. The third-order valence-electron chi connectivity index (χ3n) is 5.39. The molecule has 0 aliphatic carbocycles. The summed E-state index contributed by atoms with van der Waals surface area (Å²) in [6.45, 7) is 0.337. The highest BCUT2D eigenvalue weighted by Gasteiger charge is 2.27. The first-order valence-corrected chi connectivity index (χ1v) is 10.5. The first-order chi connectivity index (χ1) is 16.2. The number of rotatable bonds is 6. The Bertz CT molecular complexity index is 1450. The third kappa shape index (κ3) is 4.04. The van der Waals surface area contributed by atoms with Crippen LogP contribution in [0.3, 0.4) is 0 Å². The van der Waals surface area contributed by atoms with Gasteiger partial charge in [0.05, 0.1) is 17.3 Å². The molecular weight excluding hydrogens is 416 g/mol. The number of carbonyl (C=O) groups excluding carboxylic acids is 1. The number of para-hydroxylation sites is 2. The number of hydrogen-bond acceptors (Lipinski definition) is 5. The highest BCUT2D eigenvalue weighted by atomic mass is 16.3. The summed E-state index contributed by atoms with van der Waals surface area (Å²) >= 11 is 0. The van der Waals surface area contributed by atoms with E-state index in [-0.39, 0.29) is 11.6 Å². The number of pyridine rings is 1. The average Bonchev–Trinajstić information content (AvgIpc) is 3.40. The quantitative estimate of drug-likeness (QED) is 0.435. The van der Waals surface area contributed by atoms with E-state index in [0.717, 1.165) is 5.56 Å². The largest absolute Gasteiger partial charge is 0.463 e. The van der Waals surface area contributed by atoms with Gasteiger partial charge in [-0.25, -0.2) is 4.98 Å². The van der Waals surface area contributed by atoms with Crippen molar-refractivity contribution in [2.24, 2.45) is 0 Å². The molecule has 7 nitrogen and oxygen atoms in total. The molecule has 1 unspecified atom stereocenters. The van der Waals surface area contributed by atoms with E-state index >= 15 is 0 Å². The third-order valence-corrected chi connectivity index (χ3v) is 5.39. The Morgan fingerprint density at radius 1 is 0.939 bits per heavy atom. The first kappa shape index (κ1) is 20.4. The topological polar surface area (TPSA) is 90.0 Å². The summed E-state index contributed by atoms with van der Waals surface area (Å²) < 4.78 is 6.95. The van der Waals surface area contributed by atoms with Crippen LogP contribution in [0.4, 0.5) is 0 Å². The summed E-state index contributed by atoms with van der Waals surface area (Å²) in [5, 5.41) is 2.98. The van der Waals surface area contributed by atoms with Crippen molar-refractivity contribution in [1.29, 1.82) is 0 Å². The minimum Gasteiger partial charge on any atom is -0.463 e. The van der Waals surface area contributed by atoms with Crippen LogP contribution in [0.25, 0.3) is 22.5 Å². The molecule has 0 saturated heterocycles. The van der Waals surface area contributed by atoms with E-state index in [2.05, 4.69) is 15.3 Å². The van der Waals surface area contributed by atoms with Crippen LogP contribution in [0, 0.1) is 0 Å². The van der Waals surface area contributed by atoms with Crippen LogP contribution in [0.1, 0.15) is 17.2 Å². The number of furan rings is 1. The maximum absolute atomic E-state index is 13.7. The number of amides is 1. The summed E-state index contributed by atoms with van der Waals surface area (Å²) in [7, 11) is 0. The van der Waals surface area contributed by atoms with Gasteiger partial charge in [0.1, 0.15) is 6.04 Å².